The van der Waals surface area contributed by atoms with Crippen LogP contribution >= 0.6 is 23.1 Å². The molecule has 0 aliphatic heterocycles. The predicted molar refractivity (Wildman–Crippen MR) is 94.5 cm³/mol. The highest BCUT2D eigenvalue weighted by atomic mass is 32.2. The van der Waals surface area contributed by atoms with Crippen molar-refractivity contribution in [3.63, 3.8) is 0 Å². The molecule has 0 unspecified atom stereocenters. The lowest BCUT2D eigenvalue weighted by Gasteiger charge is -2.10. The molecule has 1 heterocycles. The zero-order valence-corrected chi connectivity index (χ0v) is 14.8. The summed E-state index contributed by atoms with van der Waals surface area (Å²) in [4.78, 5) is 23.4. The summed E-state index contributed by atoms with van der Waals surface area (Å²) < 4.78 is 0.746. The first-order valence-corrected chi connectivity index (χ1v) is 8.85. The Morgan fingerprint density at radius 1 is 1.26 bits per heavy atom. The Bertz CT molecular complexity index is 685. The van der Waals surface area contributed by atoms with E-state index in [0.29, 0.717) is 11.3 Å². The van der Waals surface area contributed by atoms with Crippen molar-refractivity contribution in [1.29, 1.82) is 0 Å². The van der Waals surface area contributed by atoms with E-state index in [1.807, 2.05) is 13.8 Å². The molecule has 0 bridgehead atoms. The first-order chi connectivity index (χ1) is 11.0. The van der Waals surface area contributed by atoms with Crippen molar-refractivity contribution in [1.82, 2.24) is 10.2 Å². The minimum atomic E-state index is -0.301. The van der Waals surface area contributed by atoms with Crippen molar-refractivity contribution >= 4 is 45.6 Å². The van der Waals surface area contributed by atoms with E-state index < -0.39 is 0 Å². The Morgan fingerprint density at radius 2 is 1.96 bits per heavy atom. The van der Waals surface area contributed by atoms with Crippen LogP contribution in [0.5, 0.6) is 0 Å². The number of thioether (sulfide) groups is 1. The van der Waals surface area contributed by atoms with Gasteiger partial charge >= 0.3 is 0 Å². The Hall–Kier alpha value is -1.93. The molecule has 0 fully saturated rings. The smallest absolute Gasteiger partial charge is 0.237 e. The number of hydrogen-bond acceptors (Lipinski definition) is 7. The zero-order chi connectivity index (χ0) is 16.8. The van der Waals surface area contributed by atoms with Crippen LogP contribution in [0.3, 0.4) is 0 Å². The summed E-state index contributed by atoms with van der Waals surface area (Å²) in [5.41, 5.74) is 1.29. The van der Waals surface area contributed by atoms with Gasteiger partial charge in [0.15, 0.2) is 10.1 Å². The van der Waals surface area contributed by atoms with Crippen LogP contribution in [-0.2, 0) is 4.79 Å². The molecule has 2 N–H and O–H groups in total. The molecule has 23 heavy (non-hydrogen) atoms. The maximum absolute atomic E-state index is 12.2. The van der Waals surface area contributed by atoms with Crippen molar-refractivity contribution in [2.45, 2.75) is 30.4 Å². The number of Topliss-reactive ketones (excluding diaryl/α,β-unsaturated/α-hetero) is 1. The summed E-state index contributed by atoms with van der Waals surface area (Å²) in [6, 6.07) is 6.84. The third-order valence-corrected chi connectivity index (χ3v) is 5.01. The number of amides is 1. The van der Waals surface area contributed by atoms with E-state index in [1.54, 1.807) is 24.3 Å². The van der Waals surface area contributed by atoms with Crippen LogP contribution in [0.15, 0.2) is 28.6 Å². The van der Waals surface area contributed by atoms with E-state index in [2.05, 4.69) is 20.8 Å². The van der Waals surface area contributed by atoms with Gasteiger partial charge in [-0.15, -0.1) is 10.2 Å². The Morgan fingerprint density at radius 3 is 2.57 bits per heavy atom. The molecule has 122 valence electrons. The molecule has 0 saturated heterocycles. The van der Waals surface area contributed by atoms with E-state index in [1.165, 1.54) is 30.0 Å². The van der Waals surface area contributed by atoms with Crippen molar-refractivity contribution in [3.8, 4) is 0 Å². The van der Waals surface area contributed by atoms with Gasteiger partial charge in [-0.3, -0.25) is 9.59 Å². The molecule has 6 nitrogen and oxygen atoms in total. The molecule has 1 atom stereocenters. The molecular formula is C15H18N4O2S2. The number of nitrogens with one attached hydrogen (secondary N) is 2. The molecule has 1 aromatic heterocycles. The molecule has 2 aromatic rings. The van der Waals surface area contributed by atoms with Crippen molar-refractivity contribution in [3.05, 3.63) is 29.8 Å². The lowest BCUT2D eigenvalue weighted by molar-refractivity contribution is -0.115. The number of carbonyl (C=O) groups is 2. The second-order valence-electron chi connectivity index (χ2n) is 4.79. The largest absolute Gasteiger partial charge is 0.360 e. The summed E-state index contributed by atoms with van der Waals surface area (Å²) in [5, 5.41) is 14.4. The number of carbonyl (C=O) groups excluding carboxylic acids is 2. The quantitative estimate of drug-likeness (QED) is 0.589. The summed E-state index contributed by atoms with van der Waals surface area (Å²) >= 11 is 2.79. The summed E-state index contributed by atoms with van der Waals surface area (Å²) in [6.07, 6.45) is 0. The van der Waals surface area contributed by atoms with Gasteiger partial charge in [0.05, 0.1) is 5.25 Å². The Balaban J connectivity index is 1.92. The van der Waals surface area contributed by atoms with Crippen LogP contribution < -0.4 is 10.6 Å². The molecule has 0 aliphatic rings. The standard InChI is InChI=1S/C15H18N4O2S2/c1-4-16-14-18-19-15(23-14)22-10(3)13(21)17-12-7-5-11(6-8-12)9(2)20/h5-8,10H,4H2,1-3H3,(H,16,18)(H,17,21)/t10-/m1/s1. The monoisotopic (exact) mass is 350 g/mol. The minimum absolute atomic E-state index is 0.000405. The van der Waals surface area contributed by atoms with Crippen LogP contribution in [0.4, 0.5) is 10.8 Å². The number of ketones is 1. The van der Waals surface area contributed by atoms with Gasteiger partial charge in [0.2, 0.25) is 11.0 Å². The second kappa shape index (κ2) is 8.07. The molecule has 2 rings (SSSR count). The fourth-order valence-corrected chi connectivity index (χ4v) is 3.68. The van der Waals surface area contributed by atoms with Crippen LogP contribution in [-0.4, -0.2) is 33.7 Å². The fourth-order valence-electron chi connectivity index (χ4n) is 1.72. The predicted octanol–water partition coefficient (Wildman–Crippen LogP) is 3.29. The fraction of sp³-hybridized carbons (Fsp3) is 0.333. The molecule has 0 radical (unpaired) electrons. The van der Waals surface area contributed by atoms with Gasteiger partial charge in [-0.2, -0.15) is 0 Å². The summed E-state index contributed by atoms with van der Waals surface area (Å²) in [7, 11) is 0. The van der Waals surface area contributed by atoms with Gasteiger partial charge in [0.1, 0.15) is 0 Å². The highest BCUT2D eigenvalue weighted by molar-refractivity contribution is 8.02. The summed E-state index contributed by atoms with van der Waals surface area (Å²) in [6.45, 7) is 6.10. The van der Waals surface area contributed by atoms with Gasteiger partial charge in [-0.25, -0.2) is 0 Å². The first-order valence-electron chi connectivity index (χ1n) is 7.15. The van der Waals surface area contributed by atoms with Crippen LogP contribution in [0.25, 0.3) is 0 Å². The topological polar surface area (TPSA) is 84.0 Å². The third-order valence-electron chi connectivity index (χ3n) is 2.94. The van der Waals surface area contributed by atoms with Crippen LogP contribution in [0.2, 0.25) is 0 Å². The molecule has 0 saturated carbocycles. The lowest BCUT2D eigenvalue weighted by atomic mass is 10.1. The Kier molecular flexibility index (Phi) is 6.12. The van der Waals surface area contributed by atoms with Crippen molar-refractivity contribution in [2.24, 2.45) is 0 Å². The average molecular weight is 350 g/mol. The van der Waals surface area contributed by atoms with Gasteiger partial charge in [-0.05, 0) is 45.0 Å². The molecule has 1 aromatic carbocycles. The van der Waals surface area contributed by atoms with Gasteiger partial charge in [-0.1, -0.05) is 23.1 Å². The molecular weight excluding hydrogens is 332 g/mol. The SMILES string of the molecule is CCNc1nnc(S[C@H](C)C(=O)Nc2ccc(C(C)=O)cc2)s1. The third kappa shape index (κ3) is 5.04. The zero-order valence-electron chi connectivity index (χ0n) is 13.1. The molecule has 1 amide bonds. The second-order valence-corrected chi connectivity index (χ2v) is 7.35. The van der Waals surface area contributed by atoms with Gasteiger partial charge in [0, 0.05) is 17.8 Å². The maximum Gasteiger partial charge on any atom is 0.237 e. The van der Waals surface area contributed by atoms with Gasteiger partial charge in [0.25, 0.3) is 0 Å². The highest BCUT2D eigenvalue weighted by Gasteiger charge is 2.17. The van der Waals surface area contributed by atoms with Crippen molar-refractivity contribution < 1.29 is 9.59 Å². The van der Waals surface area contributed by atoms with E-state index in [-0.39, 0.29) is 16.9 Å². The molecule has 0 aliphatic carbocycles. The molecule has 0 spiro atoms. The number of rotatable bonds is 7. The number of nitrogens with zero attached hydrogens (tertiary/aromatic N) is 2. The number of aromatic nitrogens is 2. The number of hydrogen-bond donors (Lipinski definition) is 2. The van der Waals surface area contributed by atoms with E-state index >= 15 is 0 Å². The highest BCUT2D eigenvalue weighted by Crippen LogP contribution is 2.29. The van der Waals surface area contributed by atoms with Gasteiger partial charge < -0.3 is 10.6 Å². The first kappa shape index (κ1) is 17.4. The average Bonchev–Trinajstić information content (AvgIpc) is 2.95. The van der Waals surface area contributed by atoms with Crippen molar-refractivity contribution in [2.75, 3.05) is 17.2 Å². The van der Waals surface area contributed by atoms with E-state index in [0.717, 1.165) is 16.0 Å². The number of anilines is 2. The lowest BCUT2D eigenvalue weighted by Crippen LogP contribution is -2.22. The Labute approximate surface area is 143 Å². The summed E-state index contributed by atoms with van der Waals surface area (Å²) in [5.74, 6) is -0.120. The number of benzene rings is 1. The molecule has 8 heteroatoms. The van der Waals surface area contributed by atoms with Crippen LogP contribution in [0, 0.1) is 0 Å². The normalized spacial score (nSPS) is 11.8. The maximum atomic E-state index is 12.2. The van der Waals surface area contributed by atoms with E-state index in [4.69, 9.17) is 0 Å². The van der Waals surface area contributed by atoms with E-state index in [9.17, 15) is 9.59 Å². The van der Waals surface area contributed by atoms with Crippen LogP contribution in [0.1, 0.15) is 31.1 Å². The minimum Gasteiger partial charge on any atom is -0.360 e.